The number of amides is 2. The zero-order valence-corrected chi connectivity index (χ0v) is 18.3. The van der Waals surface area contributed by atoms with Gasteiger partial charge < -0.3 is 24.6 Å². The molecule has 174 valence electrons. The zero-order valence-electron chi connectivity index (χ0n) is 18.3. The first-order valence-corrected chi connectivity index (χ1v) is 10.7. The number of carbonyl (C=O) groups excluding carboxylic acids is 2. The zero-order chi connectivity index (χ0) is 23.7. The first-order chi connectivity index (χ1) is 16.5. The van der Waals surface area contributed by atoms with E-state index in [4.69, 9.17) is 14.4 Å². The lowest BCUT2D eigenvalue weighted by Gasteiger charge is -2.35. The van der Waals surface area contributed by atoms with Crippen molar-refractivity contribution in [3.05, 3.63) is 65.9 Å². The molecule has 1 aliphatic rings. The molecular formula is C23H22N6O5. The maximum absolute atomic E-state index is 12.9. The lowest BCUT2D eigenvalue weighted by molar-refractivity contribution is 0.0540. The molecule has 0 bridgehead atoms. The minimum atomic E-state index is -0.477. The van der Waals surface area contributed by atoms with Crippen LogP contribution in [0.4, 0.5) is 10.5 Å². The summed E-state index contributed by atoms with van der Waals surface area (Å²) in [7, 11) is 0. The summed E-state index contributed by atoms with van der Waals surface area (Å²) < 4.78 is 12.0. The summed E-state index contributed by atoms with van der Waals surface area (Å²) in [6, 6.07) is 11.1. The molecule has 1 aromatic carbocycles. The molecule has 2 amide bonds. The maximum Gasteiger partial charge on any atom is 0.409 e. The van der Waals surface area contributed by atoms with E-state index in [1.165, 1.54) is 11.1 Å². The first kappa shape index (κ1) is 21.6. The number of aliphatic hydroxyl groups excluding tert-OH is 1. The van der Waals surface area contributed by atoms with Crippen LogP contribution in [0.1, 0.15) is 27.9 Å². The monoisotopic (exact) mass is 462 g/mol. The maximum atomic E-state index is 12.9. The van der Waals surface area contributed by atoms with E-state index in [1.54, 1.807) is 16.7 Å². The van der Waals surface area contributed by atoms with Crippen LogP contribution in [0, 0.1) is 6.92 Å². The van der Waals surface area contributed by atoms with Gasteiger partial charge in [-0.2, -0.15) is 4.98 Å². The van der Waals surface area contributed by atoms with Crippen molar-refractivity contribution in [3.8, 4) is 11.4 Å². The van der Waals surface area contributed by atoms with Crippen molar-refractivity contribution in [1.29, 1.82) is 0 Å². The molecule has 1 saturated heterocycles. The molecule has 0 saturated carbocycles. The van der Waals surface area contributed by atoms with Gasteiger partial charge in [0.25, 0.3) is 5.91 Å². The second kappa shape index (κ2) is 8.94. The molecule has 1 aliphatic heterocycles. The van der Waals surface area contributed by atoms with Gasteiger partial charge in [-0.05, 0) is 30.7 Å². The van der Waals surface area contributed by atoms with Gasteiger partial charge in [-0.25, -0.2) is 9.78 Å². The third-order valence-corrected chi connectivity index (χ3v) is 5.64. The van der Waals surface area contributed by atoms with Gasteiger partial charge in [0, 0.05) is 30.5 Å². The Morgan fingerprint density at radius 1 is 1.26 bits per heavy atom. The summed E-state index contributed by atoms with van der Waals surface area (Å²) in [5.74, 6) is 0.456. The fraction of sp³-hybridized carbons (Fsp3) is 0.261. The quantitative estimate of drug-likeness (QED) is 0.446. The van der Waals surface area contributed by atoms with Crippen LogP contribution in [0.15, 0.2) is 53.3 Å². The number of hydrogen-bond donors (Lipinski definition) is 2. The third-order valence-electron chi connectivity index (χ3n) is 5.64. The van der Waals surface area contributed by atoms with Crippen molar-refractivity contribution in [1.82, 2.24) is 24.4 Å². The van der Waals surface area contributed by atoms with Gasteiger partial charge >= 0.3 is 6.09 Å². The second-order valence-electron chi connectivity index (χ2n) is 7.95. The van der Waals surface area contributed by atoms with Gasteiger partial charge in [-0.3, -0.25) is 9.20 Å². The summed E-state index contributed by atoms with van der Waals surface area (Å²) in [6.07, 6.45) is 2.85. The Morgan fingerprint density at radius 3 is 2.94 bits per heavy atom. The highest BCUT2D eigenvalue weighted by Gasteiger charge is 2.36. The number of fused-ring (bicyclic) bond motifs is 1. The predicted octanol–water partition coefficient (Wildman–Crippen LogP) is 2.47. The number of rotatable bonds is 6. The van der Waals surface area contributed by atoms with Crippen molar-refractivity contribution in [2.24, 2.45) is 0 Å². The number of anilines is 1. The van der Waals surface area contributed by atoms with Crippen LogP contribution in [-0.4, -0.2) is 67.8 Å². The van der Waals surface area contributed by atoms with Crippen LogP contribution in [0.25, 0.3) is 17.0 Å². The van der Waals surface area contributed by atoms with Crippen molar-refractivity contribution in [2.75, 3.05) is 31.6 Å². The Bertz CT molecular complexity index is 1360. The highest BCUT2D eigenvalue weighted by Crippen LogP contribution is 2.29. The molecule has 11 heteroatoms. The van der Waals surface area contributed by atoms with Crippen molar-refractivity contribution in [3.63, 3.8) is 0 Å². The number of aromatic nitrogens is 4. The lowest BCUT2D eigenvalue weighted by Crippen LogP contribution is -2.49. The Balaban J connectivity index is 1.29. The van der Waals surface area contributed by atoms with Crippen LogP contribution in [-0.2, 0) is 4.74 Å². The molecule has 34 heavy (non-hydrogen) atoms. The van der Waals surface area contributed by atoms with E-state index < -0.39 is 6.09 Å². The fourth-order valence-corrected chi connectivity index (χ4v) is 3.71. The number of nitrogens with zero attached hydrogens (tertiary/aromatic N) is 5. The average molecular weight is 462 g/mol. The van der Waals surface area contributed by atoms with Crippen LogP contribution in [0.5, 0.6) is 0 Å². The Hall–Kier alpha value is -4.25. The summed E-state index contributed by atoms with van der Waals surface area (Å²) in [5.41, 5.74) is 3.31. The summed E-state index contributed by atoms with van der Waals surface area (Å²) >= 11 is 0. The van der Waals surface area contributed by atoms with Crippen molar-refractivity contribution < 1.29 is 24.0 Å². The minimum absolute atomic E-state index is 0.0335. The van der Waals surface area contributed by atoms with E-state index in [-0.39, 0.29) is 25.0 Å². The molecule has 2 N–H and O–H groups in total. The Labute approximate surface area is 194 Å². The highest BCUT2D eigenvalue weighted by atomic mass is 16.6. The van der Waals surface area contributed by atoms with Gasteiger partial charge in [0.05, 0.1) is 18.7 Å². The smallest absolute Gasteiger partial charge is 0.409 e. The number of imidazole rings is 1. The molecule has 4 aromatic rings. The van der Waals surface area contributed by atoms with E-state index in [1.807, 2.05) is 37.3 Å². The summed E-state index contributed by atoms with van der Waals surface area (Å²) in [5, 5.41) is 15.8. The Morgan fingerprint density at radius 2 is 2.12 bits per heavy atom. The van der Waals surface area contributed by atoms with Crippen molar-refractivity contribution >= 4 is 23.3 Å². The van der Waals surface area contributed by atoms with Gasteiger partial charge in [-0.15, -0.1) is 0 Å². The number of likely N-dealkylation sites (tertiary alicyclic amines) is 1. The average Bonchev–Trinajstić information content (AvgIpc) is 3.46. The van der Waals surface area contributed by atoms with Crippen LogP contribution in [0.3, 0.4) is 0 Å². The molecule has 0 spiro atoms. The van der Waals surface area contributed by atoms with E-state index >= 15 is 0 Å². The standard InChI is InChI=1S/C23H22N6O5/c1-14-5-6-15(10-17(14)25-21(31)18-11-24-19-4-2-3-7-29(18)19)20-26-22(34-27-20)16-12-28(13-16)23(32)33-9-8-30/h2-7,10-11,16,30H,8-9,12-13H2,1H3,(H,25,31). The normalized spacial score (nSPS) is 13.6. The highest BCUT2D eigenvalue weighted by molar-refractivity contribution is 6.04. The van der Waals surface area contributed by atoms with E-state index in [9.17, 15) is 9.59 Å². The lowest BCUT2D eigenvalue weighted by atomic mass is 10.0. The number of carbonyl (C=O) groups is 2. The molecule has 0 aliphatic carbocycles. The molecule has 0 atom stereocenters. The number of aryl methyl sites for hydroxylation is 1. The number of aliphatic hydroxyl groups is 1. The number of pyridine rings is 1. The summed E-state index contributed by atoms with van der Waals surface area (Å²) in [6.45, 7) is 2.46. The number of hydrogen-bond acceptors (Lipinski definition) is 8. The predicted molar refractivity (Wildman–Crippen MR) is 120 cm³/mol. The third kappa shape index (κ3) is 4.08. The summed E-state index contributed by atoms with van der Waals surface area (Å²) in [4.78, 5) is 34.9. The molecule has 4 heterocycles. The topological polar surface area (TPSA) is 135 Å². The molecule has 0 radical (unpaired) electrons. The van der Waals surface area contributed by atoms with Gasteiger partial charge in [-0.1, -0.05) is 23.4 Å². The van der Waals surface area contributed by atoms with Crippen LogP contribution < -0.4 is 5.32 Å². The van der Waals surface area contributed by atoms with Gasteiger partial charge in [0.1, 0.15) is 17.9 Å². The largest absolute Gasteiger partial charge is 0.447 e. The molecule has 5 rings (SSSR count). The van der Waals surface area contributed by atoms with Crippen LogP contribution >= 0.6 is 0 Å². The molecule has 1 fully saturated rings. The van der Waals surface area contributed by atoms with Gasteiger partial charge in [0.15, 0.2) is 0 Å². The number of benzene rings is 1. The first-order valence-electron chi connectivity index (χ1n) is 10.7. The molecule has 11 nitrogen and oxygen atoms in total. The fourth-order valence-electron chi connectivity index (χ4n) is 3.71. The van der Waals surface area contributed by atoms with Gasteiger partial charge in [0.2, 0.25) is 11.7 Å². The second-order valence-corrected chi connectivity index (χ2v) is 7.95. The number of ether oxygens (including phenoxy) is 1. The number of nitrogens with one attached hydrogen (secondary N) is 1. The SMILES string of the molecule is Cc1ccc(-c2noc(C3CN(C(=O)OCCO)C3)n2)cc1NC(=O)c1cnc2ccccn12. The van der Waals surface area contributed by atoms with E-state index in [2.05, 4.69) is 20.4 Å². The molecular weight excluding hydrogens is 440 g/mol. The Kier molecular flexibility index (Phi) is 5.68. The van der Waals surface area contributed by atoms with Crippen molar-refractivity contribution in [2.45, 2.75) is 12.8 Å². The van der Waals surface area contributed by atoms with E-state index in [0.29, 0.717) is 47.4 Å². The van der Waals surface area contributed by atoms with Crippen LogP contribution in [0.2, 0.25) is 0 Å². The van der Waals surface area contributed by atoms with E-state index in [0.717, 1.165) is 5.56 Å². The molecule has 0 unspecified atom stereocenters. The minimum Gasteiger partial charge on any atom is -0.447 e. The molecule has 3 aromatic heterocycles.